The van der Waals surface area contributed by atoms with Crippen LogP contribution in [0.5, 0.6) is 5.88 Å². The standard InChI is InChI=1S/C11H10N2O3/c1-15-10-4-8-5-12-9(11(14)16-2)3-7(8)6-13-10/h3-6H,1-2H3. The Morgan fingerprint density at radius 2 is 1.81 bits per heavy atom. The molecule has 0 aliphatic carbocycles. The fourth-order valence-electron chi connectivity index (χ4n) is 1.35. The number of esters is 1. The van der Waals surface area contributed by atoms with E-state index in [4.69, 9.17) is 4.74 Å². The van der Waals surface area contributed by atoms with Gasteiger partial charge < -0.3 is 9.47 Å². The van der Waals surface area contributed by atoms with Gasteiger partial charge in [-0.2, -0.15) is 0 Å². The molecule has 0 saturated carbocycles. The van der Waals surface area contributed by atoms with Crippen LogP contribution in [0.15, 0.2) is 24.5 Å². The van der Waals surface area contributed by atoms with Crippen LogP contribution in [0.2, 0.25) is 0 Å². The summed E-state index contributed by atoms with van der Waals surface area (Å²) in [6, 6.07) is 3.39. The molecule has 2 heterocycles. The van der Waals surface area contributed by atoms with Gasteiger partial charge in [0.05, 0.1) is 14.2 Å². The molecule has 0 aliphatic rings. The number of aromatic nitrogens is 2. The van der Waals surface area contributed by atoms with Gasteiger partial charge in [0, 0.05) is 29.2 Å². The van der Waals surface area contributed by atoms with E-state index in [0.29, 0.717) is 5.88 Å². The molecule has 5 nitrogen and oxygen atoms in total. The smallest absolute Gasteiger partial charge is 0.356 e. The van der Waals surface area contributed by atoms with E-state index in [1.165, 1.54) is 7.11 Å². The Labute approximate surface area is 92.0 Å². The molecule has 2 rings (SSSR count). The van der Waals surface area contributed by atoms with Crippen LogP contribution in [0, 0.1) is 0 Å². The number of hydrogen-bond acceptors (Lipinski definition) is 5. The molecule has 0 unspecified atom stereocenters. The van der Waals surface area contributed by atoms with Crippen LogP contribution in [0.4, 0.5) is 0 Å². The quantitative estimate of drug-likeness (QED) is 0.713. The van der Waals surface area contributed by atoms with Crippen LogP contribution in [0.1, 0.15) is 10.5 Å². The summed E-state index contributed by atoms with van der Waals surface area (Å²) < 4.78 is 9.57. The molecule has 0 fully saturated rings. The molecule has 0 saturated heterocycles. The lowest BCUT2D eigenvalue weighted by atomic mass is 10.2. The van der Waals surface area contributed by atoms with Crippen molar-refractivity contribution in [2.75, 3.05) is 14.2 Å². The van der Waals surface area contributed by atoms with Gasteiger partial charge in [-0.25, -0.2) is 14.8 Å². The average Bonchev–Trinajstić information content (AvgIpc) is 2.36. The van der Waals surface area contributed by atoms with E-state index in [2.05, 4.69) is 14.7 Å². The number of nitrogens with zero attached hydrogens (tertiary/aromatic N) is 2. The number of pyridine rings is 2. The molecule has 0 bridgehead atoms. The lowest BCUT2D eigenvalue weighted by Gasteiger charge is -2.02. The molecule has 0 aliphatic heterocycles. The van der Waals surface area contributed by atoms with Gasteiger partial charge in [-0.15, -0.1) is 0 Å². The van der Waals surface area contributed by atoms with Crippen molar-refractivity contribution in [2.24, 2.45) is 0 Å². The highest BCUT2D eigenvalue weighted by atomic mass is 16.5. The zero-order chi connectivity index (χ0) is 11.5. The minimum absolute atomic E-state index is 0.266. The topological polar surface area (TPSA) is 61.3 Å². The second-order valence-corrected chi connectivity index (χ2v) is 3.13. The molecule has 16 heavy (non-hydrogen) atoms. The van der Waals surface area contributed by atoms with Crippen molar-refractivity contribution in [3.8, 4) is 5.88 Å². The van der Waals surface area contributed by atoms with Gasteiger partial charge in [0.1, 0.15) is 5.69 Å². The number of fused-ring (bicyclic) bond motifs is 1. The van der Waals surface area contributed by atoms with Crippen LogP contribution in [-0.4, -0.2) is 30.2 Å². The SMILES string of the molecule is COC(=O)c1cc2cnc(OC)cc2cn1. The Hall–Kier alpha value is -2.17. The zero-order valence-corrected chi connectivity index (χ0v) is 8.93. The highest BCUT2D eigenvalue weighted by Crippen LogP contribution is 2.17. The van der Waals surface area contributed by atoms with Gasteiger partial charge in [-0.05, 0) is 6.07 Å². The fraction of sp³-hybridized carbons (Fsp3) is 0.182. The van der Waals surface area contributed by atoms with Gasteiger partial charge in [0.2, 0.25) is 5.88 Å². The number of carbonyl (C=O) groups excluding carboxylic acids is 1. The van der Waals surface area contributed by atoms with Crippen LogP contribution in [0.3, 0.4) is 0 Å². The first-order valence-electron chi connectivity index (χ1n) is 4.62. The molecule has 0 radical (unpaired) electrons. The molecule has 0 amide bonds. The van der Waals surface area contributed by atoms with Crippen LogP contribution in [0.25, 0.3) is 10.8 Å². The molecule has 2 aromatic heterocycles. The van der Waals surface area contributed by atoms with Crippen molar-refractivity contribution in [3.05, 3.63) is 30.2 Å². The summed E-state index contributed by atoms with van der Waals surface area (Å²) in [6.07, 6.45) is 3.22. The number of carbonyl (C=O) groups is 1. The van der Waals surface area contributed by atoms with Crippen molar-refractivity contribution < 1.29 is 14.3 Å². The Balaban J connectivity index is 2.51. The molecule has 2 aromatic rings. The summed E-state index contributed by atoms with van der Waals surface area (Å²) in [4.78, 5) is 19.3. The molecule has 0 atom stereocenters. The van der Waals surface area contributed by atoms with Crippen molar-refractivity contribution in [1.29, 1.82) is 0 Å². The van der Waals surface area contributed by atoms with Gasteiger partial charge in [0.25, 0.3) is 0 Å². The summed E-state index contributed by atoms with van der Waals surface area (Å²) in [6.45, 7) is 0. The first kappa shape index (κ1) is 10.4. The van der Waals surface area contributed by atoms with E-state index in [-0.39, 0.29) is 5.69 Å². The third-order valence-corrected chi connectivity index (χ3v) is 2.18. The van der Waals surface area contributed by atoms with Crippen molar-refractivity contribution >= 4 is 16.7 Å². The van der Waals surface area contributed by atoms with E-state index in [0.717, 1.165) is 10.8 Å². The minimum atomic E-state index is -0.460. The maximum absolute atomic E-state index is 11.3. The first-order valence-corrected chi connectivity index (χ1v) is 4.62. The first-order chi connectivity index (χ1) is 7.74. The van der Waals surface area contributed by atoms with Gasteiger partial charge in [-0.1, -0.05) is 0 Å². The number of rotatable bonds is 2. The highest BCUT2D eigenvalue weighted by Gasteiger charge is 2.08. The average molecular weight is 218 g/mol. The molecular weight excluding hydrogens is 208 g/mol. The summed E-state index contributed by atoms with van der Waals surface area (Å²) in [5, 5.41) is 1.68. The van der Waals surface area contributed by atoms with Crippen molar-refractivity contribution in [2.45, 2.75) is 0 Å². The number of ether oxygens (including phenoxy) is 2. The van der Waals surface area contributed by atoms with Crippen LogP contribution in [-0.2, 0) is 4.74 Å². The summed E-state index contributed by atoms with van der Waals surface area (Å²) in [5.41, 5.74) is 0.266. The Kier molecular flexibility index (Phi) is 2.68. The van der Waals surface area contributed by atoms with E-state index in [1.807, 2.05) is 0 Å². The third-order valence-electron chi connectivity index (χ3n) is 2.18. The zero-order valence-electron chi connectivity index (χ0n) is 8.93. The van der Waals surface area contributed by atoms with Gasteiger partial charge >= 0.3 is 5.97 Å². The molecule has 5 heteroatoms. The molecular formula is C11H10N2O3. The molecule has 0 aromatic carbocycles. The molecule has 0 N–H and O–H groups in total. The van der Waals surface area contributed by atoms with E-state index in [9.17, 15) is 4.79 Å². The Morgan fingerprint density at radius 3 is 2.50 bits per heavy atom. The molecule has 0 spiro atoms. The van der Waals surface area contributed by atoms with Crippen LogP contribution < -0.4 is 4.74 Å². The second kappa shape index (κ2) is 4.14. The summed E-state index contributed by atoms with van der Waals surface area (Å²) >= 11 is 0. The van der Waals surface area contributed by atoms with E-state index in [1.54, 1.807) is 31.6 Å². The summed E-state index contributed by atoms with van der Waals surface area (Å²) in [5.74, 6) is 0.0536. The number of methoxy groups -OCH3 is 2. The minimum Gasteiger partial charge on any atom is -0.481 e. The maximum Gasteiger partial charge on any atom is 0.356 e. The summed E-state index contributed by atoms with van der Waals surface area (Å²) in [7, 11) is 2.87. The Bertz CT molecular complexity index is 540. The predicted molar refractivity (Wildman–Crippen MR) is 57.4 cm³/mol. The lowest BCUT2D eigenvalue weighted by molar-refractivity contribution is 0.0594. The molecule has 82 valence electrons. The predicted octanol–water partition coefficient (Wildman–Crippen LogP) is 1.42. The van der Waals surface area contributed by atoms with Gasteiger partial charge in [0.15, 0.2) is 0 Å². The highest BCUT2D eigenvalue weighted by molar-refractivity contribution is 5.92. The largest absolute Gasteiger partial charge is 0.481 e. The van der Waals surface area contributed by atoms with Gasteiger partial charge in [-0.3, -0.25) is 0 Å². The second-order valence-electron chi connectivity index (χ2n) is 3.13. The van der Waals surface area contributed by atoms with E-state index >= 15 is 0 Å². The normalized spacial score (nSPS) is 10.1. The van der Waals surface area contributed by atoms with Crippen molar-refractivity contribution in [1.82, 2.24) is 9.97 Å². The van der Waals surface area contributed by atoms with Crippen LogP contribution >= 0.6 is 0 Å². The monoisotopic (exact) mass is 218 g/mol. The third kappa shape index (κ3) is 1.79. The van der Waals surface area contributed by atoms with Crippen molar-refractivity contribution in [3.63, 3.8) is 0 Å². The lowest BCUT2D eigenvalue weighted by Crippen LogP contribution is -2.03. The maximum atomic E-state index is 11.3. The number of hydrogen-bond donors (Lipinski definition) is 0. The fourth-order valence-corrected chi connectivity index (χ4v) is 1.35. The van der Waals surface area contributed by atoms with E-state index < -0.39 is 5.97 Å². The Morgan fingerprint density at radius 1 is 1.12 bits per heavy atom.